The van der Waals surface area contributed by atoms with Gasteiger partial charge in [-0.15, -0.1) is 0 Å². The average Bonchev–Trinajstić information content (AvgIpc) is 2.40. The van der Waals surface area contributed by atoms with Crippen LogP contribution in [0.2, 0.25) is 0 Å². The summed E-state index contributed by atoms with van der Waals surface area (Å²) in [6.45, 7) is 9.89. The SMILES string of the molecule is Cc1cccc(C(=O)N2CCC(C(C)(C)C)CC2)c1F. The lowest BCUT2D eigenvalue weighted by molar-refractivity contribution is 0.0604. The Morgan fingerprint density at radius 1 is 1.25 bits per heavy atom. The van der Waals surface area contributed by atoms with E-state index in [1.54, 1.807) is 30.0 Å². The van der Waals surface area contributed by atoms with Gasteiger partial charge in [-0.2, -0.15) is 0 Å². The molecule has 3 heteroatoms. The highest BCUT2D eigenvalue weighted by molar-refractivity contribution is 5.94. The summed E-state index contributed by atoms with van der Waals surface area (Å²) < 4.78 is 14.0. The van der Waals surface area contributed by atoms with Crippen molar-refractivity contribution in [1.82, 2.24) is 4.90 Å². The van der Waals surface area contributed by atoms with Crippen LogP contribution in [-0.4, -0.2) is 23.9 Å². The monoisotopic (exact) mass is 277 g/mol. The Hall–Kier alpha value is -1.38. The maximum atomic E-state index is 14.0. The highest BCUT2D eigenvalue weighted by atomic mass is 19.1. The Morgan fingerprint density at radius 2 is 1.85 bits per heavy atom. The molecule has 0 spiro atoms. The molecule has 1 fully saturated rings. The summed E-state index contributed by atoms with van der Waals surface area (Å²) in [6, 6.07) is 5.02. The third kappa shape index (κ3) is 3.02. The summed E-state index contributed by atoms with van der Waals surface area (Å²) in [6.07, 6.45) is 2.01. The topological polar surface area (TPSA) is 20.3 Å². The molecule has 0 aromatic heterocycles. The van der Waals surface area contributed by atoms with Crippen molar-refractivity contribution in [2.75, 3.05) is 13.1 Å². The number of benzene rings is 1. The molecule has 0 atom stereocenters. The maximum Gasteiger partial charge on any atom is 0.256 e. The zero-order valence-electron chi connectivity index (χ0n) is 12.9. The molecule has 0 bridgehead atoms. The van der Waals surface area contributed by atoms with Crippen LogP contribution in [0.4, 0.5) is 4.39 Å². The minimum Gasteiger partial charge on any atom is -0.339 e. The number of halogens is 1. The molecule has 110 valence electrons. The van der Waals surface area contributed by atoms with Crippen molar-refractivity contribution in [1.29, 1.82) is 0 Å². The summed E-state index contributed by atoms with van der Waals surface area (Å²) in [4.78, 5) is 14.2. The Bertz CT molecular complexity index is 496. The summed E-state index contributed by atoms with van der Waals surface area (Å²) in [5.41, 5.74) is 1.02. The molecule has 1 aliphatic heterocycles. The molecule has 1 amide bonds. The van der Waals surface area contributed by atoms with Gasteiger partial charge in [-0.1, -0.05) is 32.9 Å². The van der Waals surface area contributed by atoms with Crippen LogP contribution in [0.15, 0.2) is 18.2 Å². The number of amides is 1. The van der Waals surface area contributed by atoms with Gasteiger partial charge in [-0.3, -0.25) is 4.79 Å². The number of carbonyl (C=O) groups excluding carboxylic acids is 1. The van der Waals surface area contributed by atoms with Crippen LogP contribution in [0.5, 0.6) is 0 Å². The molecular formula is C17H24FNO. The first-order chi connectivity index (χ1) is 9.30. The number of hydrogen-bond donors (Lipinski definition) is 0. The second-order valence-electron chi connectivity index (χ2n) is 6.87. The Kier molecular flexibility index (Phi) is 4.17. The van der Waals surface area contributed by atoms with Crippen LogP contribution < -0.4 is 0 Å². The molecule has 0 N–H and O–H groups in total. The van der Waals surface area contributed by atoms with Crippen LogP contribution in [0, 0.1) is 24.1 Å². The number of aryl methyl sites for hydroxylation is 1. The smallest absolute Gasteiger partial charge is 0.256 e. The lowest BCUT2D eigenvalue weighted by atomic mass is 9.75. The van der Waals surface area contributed by atoms with Gasteiger partial charge in [0, 0.05) is 13.1 Å². The number of hydrogen-bond acceptors (Lipinski definition) is 1. The fraction of sp³-hybridized carbons (Fsp3) is 0.588. The average molecular weight is 277 g/mol. The molecule has 1 aromatic carbocycles. The normalized spacial score (nSPS) is 17.4. The molecule has 20 heavy (non-hydrogen) atoms. The first-order valence-electron chi connectivity index (χ1n) is 7.35. The largest absolute Gasteiger partial charge is 0.339 e. The van der Waals surface area contributed by atoms with E-state index < -0.39 is 0 Å². The van der Waals surface area contributed by atoms with Gasteiger partial charge in [-0.05, 0) is 42.7 Å². The minimum atomic E-state index is -0.379. The van der Waals surface area contributed by atoms with Gasteiger partial charge in [0.15, 0.2) is 0 Å². The molecule has 1 heterocycles. The van der Waals surface area contributed by atoms with Crippen molar-refractivity contribution in [2.24, 2.45) is 11.3 Å². The van der Waals surface area contributed by atoms with E-state index in [1.165, 1.54) is 0 Å². The van der Waals surface area contributed by atoms with E-state index in [2.05, 4.69) is 20.8 Å². The summed E-state index contributed by atoms with van der Waals surface area (Å²) in [5.74, 6) is 0.0860. The van der Waals surface area contributed by atoms with Crippen molar-refractivity contribution in [3.05, 3.63) is 35.1 Å². The number of piperidine rings is 1. The highest BCUT2D eigenvalue weighted by Gasteiger charge is 2.31. The summed E-state index contributed by atoms with van der Waals surface area (Å²) >= 11 is 0. The Balaban J connectivity index is 2.07. The number of carbonyl (C=O) groups is 1. The zero-order valence-corrected chi connectivity index (χ0v) is 12.9. The first-order valence-corrected chi connectivity index (χ1v) is 7.35. The third-order valence-corrected chi connectivity index (χ3v) is 4.43. The number of nitrogens with zero attached hydrogens (tertiary/aromatic N) is 1. The molecule has 1 aromatic rings. The molecule has 1 saturated heterocycles. The van der Waals surface area contributed by atoms with E-state index in [1.807, 2.05) is 0 Å². The van der Waals surface area contributed by atoms with Crippen molar-refractivity contribution in [2.45, 2.75) is 40.5 Å². The lowest BCUT2D eigenvalue weighted by Crippen LogP contribution is -2.41. The minimum absolute atomic E-state index is 0.168. The summed E-state index contributed by atoms with van der Waals surface area (Å²) in [7, 11) is 0. The quantitative estimate of drug-likeness (QED) is 0.759. The molecule has 0 aliphatic carbocycles. The summed E-state index contributed by atoms with van der Waals surface area (Å²) in [5, 5.41) is 0. The predicted octanol–water partition coefficient (Wildman–Crippen LogP) is 4.03. The predicted molar refractivity (Wildman–Crippen MR) is 79.2 cm³/mol. The molecular weight excluding hydrogens is 253 g/mol. The van der Waals surface area contributed by atoms with Gasteiger partial charge in [-0.25, -0.2) is 4.39 Å². The number of rotatable bonds is 1. The molecule has 1 aliphatic rings. The lowest BCUT2D eigenvalue weighted by Gasteiger charge is -2.38. The van der Waals surface area contributed by atoms with Gasteiger partial charge in [0.1, 0.15) is 5.82 Å². The molecule has 0 unspecified atom stereocenters. The fourth-order valence-electron chi connectivity index (χ4n) is 2.93. The second-order valence-corrected chi connectivity index (χ2v) is 6.87. The van der Waals surface area contributed by atoms with E-state index in [9.17, 15) is 9.18 Å². The number of likely N-dealkylation sites (tertiary alicyclic amines) is 1. The first kappa shape index (κ1) is 15.0. The van der Waals surface area contributed by atoms with Crippen LogP contribution in [0.1, 0.15) is 49.5 Å². The van der Waals surface area contributed by atoms with E-state index in [4.69, 9.17) is 0 Å². The standard InChI is InChI=1S/C17H24FNO/c1-12-6-5-7-14(15(12)18)16(20)19-10-8-13(9-11-19)17(2,3)4/h5-7,13H,8-11H2,1-4H3. The van der Waals surface area contributed by atoms with Crippen LogP contribution >= 0.6 is 0 Å². The van der Waals surface area contributed by atoms with E-state index in [0.29, 0.717) is 11.5 Å². The molecule has 0 saturated carbocycles. The van der Waals surface area contributed by atoms with Crippen LogP contribution in [0.25, 0.3) is 0 Å². The second kappa shape index (κ2) is 5.55. The van der Waals surface area contributed by atoms with E-state index >= 15 is 0 Å². The highest BCUT2D eigenvalue weighted by Crippen LogP contribution is 2.34. The van der Waals surface area contributed by atoms with E-state index in [0.717, 1.165) is 25.9 Å². The Labute approximate surface area is 121 Å². The van der Waals surface area contributed by atoms with Crippen molar-refractivity contribution in [3.63, 3.8) is 0 Å². The maximum absolute atomic E-state index is 14.0. The van der Waals surface area contributed by atoms with Gasteiger partial charge >= 0.3 is 0 Å². The van der Waals surface area contributed by atoms with E-state index in [-0.39, 0.29) is 22.7 Å². The van der Waals surface area contributed by atoms with Crippen LogP contribution in [-0.2, 0) is 0 Å². The van der Waals surface area contributed by atoms with Gasteiger partial charge in [0.25, 0.3) is 5.91 Å². The fourth-order valence-corrected chi connectivity index (χ4v) is 2.93. The molecule has 2 rings (SSSR count). The van der Waals surface area contributed by atoms with Crippen molar-refractivity contribution < 1.29 is 9.18 Å². The van der Waals surface area contributed by atoms with Gasteiger partial charge < -0.3 is 4.90 Å². The molecule has 2 nitrogen and oxygen atoms in total. The third-order valence-electron chi connectivity index (χ3n) is 4.43. The van der Waals surface area contributed by atoms with Crippen molar-refractivity contribution in [3.8, 4) is 0 Å². The molecule has 0 radical (unpaired) electrons. The van der Waals surface area contributed by atoms with Crippen molar-refractivity contribution >= 4 is 5.91 Å². The van der Waals surface area contributed by atoms with Gasteiger partial charge in [0.2, 0.25) is 0 Å². The zero-order chi connectivity index (χ0) is 14.9. The Morgan fingerprint density at radius 3 is 2.40 bits per heavy atom. The van der Waals surface area contributed by atoms with Gasteiger partial charge in [0.05, 0.1) is 5.56 Å². The van der Waals surface area contributed by atoms with Crippen LogP contribution in [0.3, 0.4) is 0 Å².